The Morgan fingerprint density at radius 1 is 0.755 bits per heavy atom. The fourth-order valence-corrected chi connectivity index (χ4v) is 6.71. The van der Waals surface area contributed by atoms with Gasteiger partial charge in [0.2, 0.25) is 0 Å². The van der Waals surface area contributed by atoms with Crippen molar-refractivity contribution in [1.29, 1.82) is 0 Å². The quantitative estimate of drug-likeness (QED) is 0.0647. The highest BCUT2D eigenvalue weighted by Gasteiger charge is 2.55. The highest BCUT2D eigenvalue weighted by Crippen LogP contribution is 2.35. The molecule has 0 spiro atoms. The molecular formula is C29H56FN7O16. The van der Waals surface area contributed by atoms with Crippen molar-refractivity contribution in [2.24, 2.45) is 28.7 Å². The first-order chi connectivity index (χ1) is 25.1. The minimum absolute atomic E-state index is 0.0537. The Morgan fingerprint density at radius 3 is 1.87 bits per heavy atom. The smallest absolute Gasteiger partial charge is 0.252 e. The molecule has 3 saturated heterocycles. The lowest BCUT2D eigenvalue weighted by atomic mass is 9.83. The van der Waals surface area contributed by atoms with Gasteiger partial charge in [0.15, 0.2) is 25.0 Å². The van der Waals surface area contributed by atoms with Gasteiger partial charge >= 0.3 is 0 Å². The monoisotopic (exact) mass is 777 g/mol. The molecule has 0 aromatic rings. The van der Waals surface area contributed by atoms with E-state index in [0.717, 1.165) is 0 Å². The molecule has 310 valence electrons. The van der Waals surface area contributed by atoms with E-state index in [0.29, 0.717) is 0 Å². The summed E-state index contributed by atoms with van der Waals surface area (Å²) < 4.78 is 49.2. The van der Waals surface area contributed by atoms with E-state index in [1.54, 1.807) is 0 Å². The Balaban J connectivity index is 1.58. The molecule has 0 aromatic carbocycles. The molecule has 24 heteroatoms. The summed E-state index contributed by atoms with van der Waals surface area (Å²) in [6.45, 7) is -1.84. The standard InChI is InChI=1S/C29H56FN7O16/c30-8(4-31)16(40)26(47)37-10-3-9(33)23(51-28-15(35)21(45)19(43)12(49-28)6-36-1-2-38)25(17(10)41)53-29-22(46)24(13(7-39)50-29)52-27-14(34)20(44)18(42)11(5-32)48-27/h8-25,27-29,36,38-46H,1-7,31-35H2,(H,37,47)/t8-,9+,10-,11+,12-,13-,14-,15-,16+,17+,18-,19-,20-,21-,22-,23-,24-,25-,27-,28-,29+/m1/s1. The lowest BCUT2D eigenvalue weighted by Gasteiger charge is -2.48. The minimum Gasteiger partial charge on any atom is -0.395 e. The molecule has 1 saturated carbocycles. The van der Waals surface area contributed by atoms with Crippen molar-refractivity contribution < 1.29 is 83.6 Å². The first kappa shape index (κ1) is 44.3. The third-order valence-corrected chi connectivity index (χ3v) is 9.89. The third-order valence-electron chi connectivity index (χ3n) is 9.89. The van der Waals surface area contributed by atoms with Gasteiger partial charge in [0.25, 0.3) is 5.91 Å². The van der Waals surface area contributed by atoms with Gasteiger partial charge in [0, 0.05) is 32.2 Å². The molecule has 23 nitrogen and oxygen atoms in total. The number of carbonyl (C=O) groups excluding carboxylic acids is 1. The largest absolute Gasteiger partial charge is 0.395 e. The van der Waals surface area contributed by atoms with Crippen molar-refractivity contribution in [3.05, 3.63) is 0 Å². The Labute approximate surface area is 303 Å². The van der Waals surface area contributed by atoms with Crippen LogP contribution in [0.15, 0.2) is 0 Å². The van der Waals surface area contributed by atoms with E-state index in [1.165, 1.54) is 0 Å². The molecule has 21 N–H and O–H groups in total. The predicted octanol–water partition coefficient (Wildman–Crippen LogP) is -10.5. The molecule has 4 aliphatic rings. The highest BCUT2D eigenvalue weighted by atomic mass is 19.1. The molecule has 3 aliphatic heterocycles. The van der Waals surface area contributed by atoms with Crippen LogP contribution in [0.25, 0.3) is 0 Å². The van der Waals surface area contributed by atoms with Crippen molar-refractivity contribution in [3.63, 3.8) is 0 Å². The summed E-state index contributed by atoms with van der Waals surface area (Å²) in [7, 11) is 0. The number of nitrogens with one attached hydrogen (secondary N) is 2. The van der Waals surface area contributed by atoms with Crippen LogP contribution in [0.4, 0.5) is 4.39 Å². The summed E-state index contributed by atoms with van der Waals surface area (Å²) in [5.74, 6) is -1.23. The zero-order chi connectivity index (χ0) is 39.3. The number of carbonyl (C=O) groups is 1. The predicted molar refractivity (Wildman–Crippen MR) is 173 cm³/mol. The molecule has 53 heavy (non-hydrogen) atoms. The number of alkyl halides is 1. The molecule has 3 heterocycles. The Morgan fingerprint density at radius 2 is 1.30 bits per heavy atom. The zero-order valence-corrected chi connectivity index (χ0v) is 28.7. The normalized spacial score (nSPS) is 46.2. The summed E-state index contributed by atoms with van der Waals surface area (Å²) in [5, 5.41) is 99.2. The topological polar surface area (TPSA) is 409 Å². The Bertz CT molecular complexity index is 1150. The van der Waals surface area contributed by atoms with Crippen molar-refractivity contribution in [2.45, 2.75) is 135 Å². The van der Waals surface area contributed by atoms with Gasteiger partial charge in [-0.25, -0.2) is 4.39 Å². The fraction of sp³-hybridized carbons (Fsp3) is 0.966. The van der Waals surface area contributed by atoms with Gasteiger partial charge in [-0.2, -0.15) is 0 Å². The Hall–Kier alpha value is -1.44. The average molecular weight is 778 g/mol. The molecule has 0 radical (unpaired) electrons. The maximum atomic E-state index is 14.0. The van der Waals surface area contributed by atoms with Gasteiger partial charge in [0.05, 0.1) is 31.3 Å². The number of ether oxygens (including phenoxy) is 6. The highest BCUT2D eigenvalue weighted by molar-refractivity contribution is 5.81. The van der Waals surface area contributed by atoms with Crippen LogP contribution < -0.4 is 39.3 Å². The second kappa shape index (κ2) is 19.6. The van der Waals surface area contributed by atoms with E-state index in [9.17, 15) is 50.0 Å². The van der Waals surface area contributed by atoms with Crippen LogP contribution in [-0.2, 0) is 33.2 Å². The lowest BCUT2D eigenvalue weighted by Crippen LogP contribution is -2.69. The Kier molecular flexibility index (Phi) is 16.4. The first-order valence-corrected chi connectivity index (χ1v) is 17.3. The van der Waals surface area contributed by atoms with Crippen molar-refractivity contribution in [3.8, 4) is 0 Å². The van der Waals surface area contributed by atoms with Crippen LogP contribution in [0.5, 0.6) is 0 Å². The van der Waals surface area contributed by atoms with E-state index in [1.807, 2.05) is 0 Å². The molecule has 0 aromatic heterocycles. The van der Waals surface area contributed by atoms with Gasteiger partial charge in [0.1, 0.15) is 79.4 Å². The number of hydrogen-bond acceptors (Lipinski definition) is 22. The fourth-order valence-electron chi connectivity index (χ4n) is 6.71. The van der Waals surface area contributed by atoms with E-state index in [-0.39, 0.29) is 32.7 Å². The molecule has 1 aliphatic carbocycles. The van der Waals surface area contributed by atoms with E-state index >= 15 is 0 Å². The maximum Gasteiger partial charge on any atom is 0.252 e. The molecule has 21 atom stereocenters. The molecular weight excluding hydrogens is 721 g/mol. The van der Waals surface area contributed by atoms with E-state index < -0.39 is 148 Å². The van der Waals surface area contributed by atoms with Crippen LogP contribution in [0.1, 0.15) is 6.42 Å². The molecule has 0 bridgehead atoms. The number of nitrogens with two attached hydrogens (primary N) is 5. The summed E-state index contributed by atoms with van der Waals surface area (Å²) in [6.07, 6.45) is -27.1. The van der Waals surface area contributed by atoms with E-state index in [2.05, 4.69) is 10.6 Å². The SMILES string of the molecule is NC[C@@H](F)[C@H](O)C(=O)N[C@@H]1C[C@H](N)[C@@H](O[C@H]2O[C@H](CNCCO)[C@@H](O)[C@H](O)[C@H]2N)[C@H](O[C@@H]2O[C@H](CO)[C@@H](O[C@H]3O[C@@H](CN)[C@@H](O)[C@H](O)[C@H]3N)[C@H]2O)[C@H]1O. The molecule has 0 unspecified atom stereocenters. The van der Waals surface area contributed by atoms with E-state index in [4.69, 9.17) is 62.2 Å². The molecule has 4 rings (SSSR count). The zero-order valence-electron chi connectivity index (χ0n) is 28.7. The van der Waals surface area contributed by atoms with Gasteiger partial charge < -0.3 is 114 Å². The van der Waals surface area contributed by atoms with Crippen molar-refractivity contribution in [2.75, 3.05) is 39.4 Å². The number of aliphatic hydroxyl groups is 9. The molecule has 4 fully saturated rings. The van der Waals surface area contributed by atoms with Gasteiger partial charge in [-0.05, 0) is 6.42 Å². The second-order valence-corrected chi connectivity index (χ2v) is 13.6. The average Bonchev–Trinajstić information content (AvgIpc) is 3.44. The number of aliphatic hydroxyl groups excluding tert-OH is 9. The summed E-state index contributed by atoms with van der Waals surface area (Å²) in [4.78, 5) is 12.7. The first-order valence-electron chi connectivity index (χ1n) is 17.3. The van der Waals surface area contributed by atoms with Crippen LogP contribution >= 0.6 is 0 Å². The van der Waals surface area contributed by atoms with Crippen LogP contribution in [0, 0.1) is 0 Å². The van der Waals surface area contributed by atoms with Gasteiger partial charge in [-0.3, -0.25) is 4.79 Å². The second-order valence-electron chi connectivity index (χ2n) is 13.6. The lowest BCUT2D eigenvalue weighted by molar-refractivity contribution is -0.308. The van der Waals surface area contributed by atoms with Gasteiger partial charge in [-0.1, -0.05) is 0 Å². The third kappa shape index (κ3) is 9.93. The molecule has 1 amide bonds. The summed E-state index contributed by atoms with van der Waals surface area (Å²) in [5.41, 5.74) is 29.5. The van der Waals surface area contributed by atoms with Crippen LogP contribution in [0.2, 0.25) is 0 Å². The minimum atomic E-state index is -2.20. The van der Waals surface area contributed by atoms with Gasteiger partial charge in [-0.15, -0.1) is 0 Å². The number of hydrogen-bond donors (Lipinski definition) is 16. The van der Waals surface area contributed by atoms with Crippen LogP contribution in [-0.4, -0.2) is 220 Å². The van der Waals surface area contributed by atoms with Crippen molar-refractivity contribution in [1.82, 2.24) is 10.6 Å². The maximum absolute atomic E-state index is 14.0. The number of amides is 1. The van der Waals surface area contributed by atoms with Crippen LogP contribution in [0.3, 0.4) is 0 Å². The number of rotatable bonds is 16. The number of halogens is 1. The summed E-state index contributed by atoms with van der Waals surface area (Å²) >= 11 is 0. The summed E-state index contributed by atoms with van der Waals surface area (Å²) in [6, 6.07) is -5.24. The van der Waals surface area contributed by atoms with Crippen molar-refractivity contribution >= 4 is 5.91 Å².